The Morgan fingerprint density at radius 2 is 2.27 bits per heavy atom. The first-order valence-electron chi connectivity index (χ1n) is 5.46. The van der Waals surface area contributed by atoms with Gasteiger partial charge in [0.25, 0.3) is 0 Å². The number of esters is 1. The standard InChI is InChI=1S/C13H18O2/c1-4-6-12(13(14)15-5-2)9-10(3)11-7-8-11/h1,12H,5-9H2,2-3H3. The van der Waals surface area contributed by atoms with Crippen LogP contribution in [0.5, 0.6) is 0 Å². The molecule has 0 aliphatic heterocycles. The fourth-order valence-electron chi connectivity index (χ4n) is 1.64. The van der Waals surface area contributed by atoms with Crippen LogP contribution < -0.4 is 0 Å². The second kappa shape index (κ2) is 5.60. The van der Waals surface area contributed by atoms with Gasteiger partial charge in [0.2, 0.25) is 0 Å². The third-order valence-electron chi connectivity index (χ3n) is 2.64. The first-order valence-corrected chi connectivity index (χ1v) is 5.46. The molecule has 0 aromatic carbocycles. The van der Waals surface area contributed by atoms with E-state index < -0.39 is 0 Å². The minimum absolute atomic E-state index is 0.150. The Kier molecular flexibility index (Phi) is 4.42. The van der Waals surface area contributed by atoms with E-state index in [-0.39, 0.29) is 11.9 Å². The van der Waals surface area contributed by atoms with Crippen LogP contribution >= 0.6 is 0 Å². The van der Waals surface area contributed by atoms with Gasteiger partial charge in [-0.15, -0.1) is 12.3 Å². The van der Waals surface area contributed by atoms with Crippen molar-refractivity contribution < 1.29 is 9.53 Å². The van der Waals surface area contributed by atoms with Crippen molar-refractivity contribution in [1.29, 1.82) is 0 Å². The zero-order chi connectivity index (χ0) is 11.3. The van der Waals surface area contributed by atoms with Crippen LogP contribution in [0.4, 0.5) is 0 Å². The van der Waals surface area contributed by atoms with E-state index in [1.165, 1.54) is 24.0 Å². The van der Waals surface area contributed by atoms with Crippen LogP contribution in [0.1, 0.15) is 39.5 Å². The second-order valence-corrected chi connectivity index (χ2v) is 3.95. The molecular formula is C13H18O2. The van der Waals surface area contributed by atoms with Gasteiger partial charge in [0, 0.05) is 6.42 Å². The highest BCUT2D eigenvalue weighted by Crippen LogP contribution is 2.34. The molecule has 2 heteroatoms. The van der Waals surface area contributed by atoms with Crippen LogP contribution in [-0.2, 0) is 9.53 Å². The molecular weight excluding hydrogens is 188 g/mol. The molecule has 1 aliphatic carbocycles. The number of carbonyl (C=O) groups excluding carboxylic acids is 1. The normalized spacial score (nSPS) is 15.4. The maximum absolute atomic E-state index is 11.6. The number of rotatable bonds is 5. The van der Waals surface area contributed by atoms with E-state index in [0.29, 0.717) is 13.0 Å². The summed E-state index contributed by atoms with van der Waals surface area (Å²) < 4.78 is 5.00. The number of ether oxygens (including phenoxy) is 1. The minimum Gasteiger partial charge on any atom is -0.466 e. The number of hydrogen-bond donors (Lipinski definition) is 0. The van der Waals surface area contributed by atoms with E-state index >= 15 is 0 Å². The molecule has 1 unspecified atom stereocenters. The van der Waals surface area contributed by atoms with Crippen molar-refractivity contribution in [2.75, 3.05) is 6.61 Å². The van der Waals surface area contributed by atoms with Crippen molar-refractivity contribution in [3.05, 3.63) is 11.1 Å². The van der Waals surface area contributed by atoms with Crippen LogP contribution in [-0.4, -0.2) is 12.6 Å². The van der Waals surface area contributed by atoms with Crippen LogP contribution in [0.2, 0.25) is 0 Å². The quantitative estimate of drug-likeness (QED) is 0.393. The molecule has 2 nitrogen and oxygen atoms in total. The molecule has 0 saturated heterocycles. The van der Waals surface area contributed by atoms with Gasteiger partial charge in [-0.3, -0.25) is 4.79 Å². The van der Waals surface area contributed by atoms with Gasteiger partial charge in [-0.1, -0.05) is 11.1 Å². The van der Waals surface area contributed by atoms with Crippen molar-refractivity contribution in [3.63, 3.8) is 0 Å². The Bertz CT molecular complexity index is 301. The summed E-state index contributed by atoms with van der Waals surface area (Å²) >= 11 is 0. The SMILES string of the molecule is C#CCC(CC(C)=C1CC1)C(=O)OCC. The maximum Gasteiger partial charge on any atom is 0.310 e. The summed E-state index contributed by atoms with van der Waals surface area (Å²) in [4.78, 5) is 11.6. The summed E-state index contributed by atoms with van der Waals surface area (Å²) in [5.41, 5.74) is 2.81. The molecule has 0 aromatic heterocycles. The van der Waals surface area contributed by atoms with Crippen molar-refractivity contribution in [2.45, 2.75) is 39.5 Å². The molecule has 1 aliphatic rings. The maximum atomic E-state index is 11.6. The molecule has 0 bridgehead atoms. The van der Waals surface area contributed by atoms with Gasteiger partial charge in [-0.2, -0.15) is 0 Å². The lowest BCUT2D eigenvalue weighted by Gasteiger charge is -2.13. The fourth-order valence-corrected chi connectivity index (χ4v) is 1.64. The smallest absolute Gasteiger partial charge is 0.310 e. The Morgan fingerprint density at radius 1 is 1.60 bits per heavy atom. The molecule has 15 heavy (non-hydrogen) atoms. The molecule has 0 aromatic rings. The number of carbonyl (C=O) groups is 1. The first-order chi connectivity index (χ1) is 7.19. The summed E-state index contributed by atoms with van der Waals surface area (Å²) in [7, 11) is 0. The molecule has 1 saturated carbocycles. The van der Waals surface area contributed by atoms with Gasteiger partial charge >= 0.3 is 5.97 Å². The second-order valence-electron chi connectivity index (χ2n) is 3.95. The monoisotopic (exact) mass is 206 g/mol. The zero-order valence-electron chi connectivity index (χ0n) is 9.51. The average Bonchev–Trinajstić information content (AvgIpc) is 3.00. The molecule has 0 N–H and O–H groups in total. The summed E-state index contributed by atoms with van der Waals surface area (Å²) in [5, 5.41) is 0. The lowest BCUT2D eigenvalue weighted by Crippen LogP contribution is -2.17. The van der Waals surface area contributed by atoms with Gasteiger partial charge in [0.1, 0.15) is 0 Å². The Morgan fingerprint density at radius 3 is 2.73 bits per heavy atom. The van der Waals surface area contributed by atoms with Gasteiger partial charge in [0.05, 0.1) is 12.5 Å². The van der Waals surface area contributed by atoms with E-state index in [4.69, 9.17) is 11.2 Å². The fraction of sp³-hybridized carbons (Fsp3) is 0.615. The van der Waals surface area contributed by atoms with E-state index in [9.17, 15) is 4.79 Å². The summed E-state index contributed by atoms with van der Waals surface area (Å²) in [6, 6.07) is 0. The third-order valence-corrected chi connectivity index (χ3v) is 2.64. The predicted molar refractivity (Wildman–Crippen MR) is 60.1 cm³/mol. The van der Waals surface area contributed by atoms with Crippen molar-refractivity contribution in [1.82, 2.24) is 0 Å². The van der Waals surface area contributed by atoms with Crippen molar-refractivity contribution >= 4 is 5.97 Å². The lowest BCUT2D eigenvalue weighted by molar-refractivity contribution is -0.147. The van der Waals surface area contributed by atoms with E-state index in [1.807, 2.05) is 6.92 Å². The highest BCUT2D eigenvalue weighted by atomic mass is 16.5. The Balaban J connectivity index is 2.54. The number of hydrogen-bond acceptors (Lipinski definition) is 2. The van der Waals surface area contributed by atoms with Crippen LogP contribution in [0.3, 0.4) is 0 Å². The molecule has 1 atom stereocenters. The topological polar surface area (TPSA) is 26.3 Å². The molecule has 0 radical (unpaired) electrons. The summed E-state index contributed by atoms with van der Waals surface area (Å²) in [5.74, 6) is 2.24. The molecule has 0 amide bonds. The van der Waals surface area contributed by atoms with Crippen molar-refractivity contribution in [2.24, 2.45) is 5.92 Å². The predicted octanol–water partition coefficient (Wildman–Crippen LogP) is 2.69. The average molecular weight is 206 g/mol. The van der Waals surface area contributed by atoms with Gasteiger partial charge in [0.15, 0.2) is 0 Å². The molecule has 1 fully saturated rings. The highest BCUT2D eigenvalue weighted by molar-refractivity contribution is 5.73. The summed E-state index contributed by atoms with van der Waals surface area (Å²) in [6.45, 7) is 4.33. The third kappa shape index (κ3) is 3.79. The zero-order valence-corrected chi connectivity index (χ0v) is 9.51. The van der Waals surface area contributed by atoms with E-state index in [0.717, 1.165) is 6.42 Å². The molecule has 82 valence electrons. The number of allylic oxidation sites excluding steroid dienone is 2. The molecule has 0 heterocycles. The van der Waals surface area contributed by atoms with Gasteiger partial charge in [-0.05, 0) is 33.1 Å². The van der Waals surface area contributed by atoms with Crippen LogP contribution in [0.25, 0.3) is 0 Å². The van der Waals surface area contributed by atoms with Crippen LogP contribution in [0, 0.1) is 18.3 Å². The molecule has 1 rings (SSSR count). The van der Waals surface area contributed by atoms with E-state index in [2.05, 4.69) is 12.8 Å². The Hall–Kier alpha value is -1.23. The van der Waals surface area contributed by atoms with Gasteiger partial charge < -0.3 is 4.74 Å². The number of terminal acetylenes is 1. The van der Waals surface area contributed by atoms with E-state index in [1.54, 1.807) is 0 Å². The Labute approximate surface area is 91.7 Å². The molecule has 0 spiro atoms. The summed E-state index contributed by atoms with van der Waals surface area (Å²) in [6.07, 6.45) is 8.88. The minimum atomic E-state index is -0.156. The lowest BCUT2D eigenvalue weighted by atomic mass is 9.97. The van der Waals surface area contributed by atoms with Gasteiger partial charge in [-0.25, -0.2) is 0 Å². The van der Waals surface area contributed by atoms with Crippen molar-refractivity contribution in [3.8, 4) is 12.3 Å². The first kappa shape index (κ1) is 11.8. The van der Waals surface area contributed by atoms with Crippen LogP contribution in [0.15, 0.2) is 11.1 Å². The largest absolute Gasteiger partial charge is 0.466 e. The highest BCUT2D eigenvalue weighted by Gasteiger charge is 2.22.